The number of aliphatic carboxylic acids is 1. The van der Waals surface area contributed by atoms with Gasteiger partial charge in [0.2, 0.25) is 0 Å². The molecule has 0 radical (unpaired) electrons. The van der Waals surface area contributed by atoms with E-state index >= 15 is 0 Å². The second-order valence-electron chi connectivity index (χ2n) is 4.89. The standard InChI is InChI=1S/C13H14Cl2N2O3/c1-13(11(18)19)5-2-6-17(13)12(20)16-10-4-3-8(14)7-9(10)15/h3-4,7H,2,5-6H2,1H3,(H,16,20)(H,18,19). The van der Waals surface area contributed by atoms with Gasteiger partial charge in [-0.25, -0.2) is 9.59 Å². The van der Waals surface area contributed by atoms with Gasteiger partial charge in [0.1, 0.15) is 5.54 Å². The number of halogens is 2. The predicted molar refractivity (Wildman–Crippen MR) is 77.5 cm³/mol. The van der Waals surface area contributed by atoms with Crippen molar-refractivity contribution in [2.75, 3.05) is 11.9 Å². The summed E-state index contributed by atoms with van der Waals surface area (Å²) in [5, 5.41) is 12.7. The van der Waals surface area contributed by atoms with Crippen LogP contribution in [0.25, 0.3) is 0 Å². The average molecular weight is 317 g/mol. The van der Waals surface area contributed by atoms with Crippen molar-refractivity contribution in [1.82, 2.24) is 4.90 Å². The lowest BCUT2D eigenvalue weighted by molar-refractivity contribution is -0.146. The van der Waals surface area contributed by atoms with Crippen molar-refractivity contribution < 1.29 is 14.7 Å². The number of nitrogens with zero attached hydrogens (tertiary/aromatic N) is 1. The van der Waals surface area contributed by atoms with Crippen LogP contribution in [-0.2, 0) is 4.79 Å². The van der Waals surface area contributed by atoms with Crippen molar-refractivity contribution in [1.29, 1.82) is 0 Å². The molecule has 2 amide bonds. The van der Waals surface area contributed by atoms with Crippen molar-refractivity contribution in [2.24, 2.45) is 0 Å². The number of urea groups is 1. The Kier molecular flexibility index (Phi) is 4.11. The predicted octanol–water partition coefficient (Wildman–Crippen LogP) is 3.46. The number of benzene rings is 1. The monoisotopic (exact) mass is 316 g/mol. The molecule has 0 aliphatic carbocycles. The van der Waals surface area contributed by atoms with Crippen LogP contribution in [0.1, 0.15) is 19.8 Å². The summed E-state index contributed by atoms with van der Waals surface area (Å²) < 4.78 is 0. The van der Waals surface area contributed by atoms with Crippen LogP contribution in [0.5, 0.6) is 0 Å². The molecule has 0 saturated carbocycles. The lowest BCUT2D eigenvalue weighted by Crippen LogP contribution is -2.52. The number of carbonyl (C=O) groups is 2. The first-order valence-electron chi connectivity index (χ1n) is 6.11. The molecule has 1 aromatic rings. The van der Waals surface area contributed by atoms with Gasteiger partial charge in [-0.3, -0.25) is 0 Å². The number of hydrogen-bond acceptors (Lipinski definition) is 2. The molecular weight excluding hydrogens is 303 g/mol. The highest BCUT2D eigenvalue weighted by molar-refractivity contribution is 6.36. The van der Waals surface area contributed by atoms with E-state index in [1.807, 2.05) is 0 Å². The van der Waals surface area contributed by atoms with Crippen LogP contribution in [0, 0.1) is 0 Å². The van der Waals surface area contributed by atoms with Gasteiger partial charge in [-0.05, 0) is 38.0 Å². The zero-order chi connectivity index (χ0) is 14.9. The van der Waals surface area contributed by atoms with E-state index in [1.165, 1.54) is 11.0 Å². The van der Waals surface area contributed by atoms with E-state index in [0.717, 1.165) is 0 Å². The summed E-state index contributed by atoms with van der Waals surface area (Å²) in [6.45, 7) is 1.95. The van der Waals surface area contributed by atoms with Gasteiger partial charge < -0.3 is 15.3 Å². The fourth-order valence-corrected chi connectivity index (χ4v) is 2.74. The number of carbonyl (C=O) groups excluding carboxylic acids is 1. The van der Waals surface area contributed by atoms with Gasteiger partial charge in [0.25, 0.3) is 0 Å². The minimum absolute atomic E-state index is 0.307. The van der Waals surface area contributed by atoms with Crippen molar-refractivity contribution in [3.63, 3.8) is 0 Å². The van der Waals surface area contributed by atoms with E-state index in [9.17, 15) is 14.7 Å². The number of likely N-dealkylation sites (tertiary alicyclic amines) is 1. The van der Waals surface area contributed by atoms with Gasteiger partial charge in [-0.2, -0.15) is 0 Å². The Bertz CT molecular complexity index is 565. The minimum Gasteiger partial charge on any atom is -0.480 e. The first-order valence-corrected chi connectivity index (χ1v) is 6.87. The second kappa shape index (κ2) is 5.50. The van der Waals surface area contributed by atoms with E-state index in [2.05, 4.69) is 5.32 Å². The Balaban J connectivity index is 2.18. The molecule has 7 heteroatoms. The summed E-state index contributed by atoms with van der Waals surface area (Å²) in [7, 11) is 0. The SMILES string of the molecule is CC1(C(=O)O)CCCN1C(=O)Nc1ccc(Cl)cc1Cl. The van der Waals surface area contributed by atoms with Crippen LogP contribution < -0.4 is 5.32 Å². The van der Waals surface area contributed by atoms with Gasteiger partial charge in [-0.1, -0.05) is 23.2 Å². The fraction of sp³-hybridized carbons (Fsp3) is 0.385. The van der Waals surface area contributed by atoms with Crippen LogP contribution >= 0.6 is 23.2 Å². The number of hydrogen-bond donors (Lipinski definition) is 2. The van der Waals surface area contributed by atoms with Crippen LogP contribution in [0.15, 0.2) is 18.2 Å². The molecule has 1 unspecified atom stereocenters. The molecule has 20 heavy (non-hydrogen) atoms. The molecule has 108 valence electrons. The highest BCUT2D eigenvalue weighted by atomic mass is 35.5. The largest absolute Gasteiger partial charge is 0.480 e. The normalized spacial score (nSPS) is 21.9. The third-order valence-corrected chi connectivity index (χ3v) is 4.07. The molecule has 5 nitrogen and oxygen atoms in total. The molecule has 2 N–H and O–H groups in total. The summed E-state index contributed by atoms with van der Waals surface area (Å²) in [6, 6.07) is 4.22. The zero-order valence-electron chi connectivity index (χ0n) is 10.8. The van der Waals surface area contributed by atoms with Crippen LogP contribution in [0.3, 0.4) is 0 Å². The maximum absolute atomic E-state index is 12.2. The van der Waals surface area contributed by atoms with Crippen molar-refractivity contribution in [2.45, 2.75) is 25.3 Å². The molecule has 0 aromatic heterocycles. The van der Waals surface area contributed by atoms with Gasteiger partial charge in [-0.15, -0.1) is 0 Å². The number of carboxylic acids is 1. The van der Waals surface area contributed by atoms with Crippen LogP contribution in [0.4, 0.5) is 10.5 Å². The maximum atomic E-state index is 12.2. The molecule has 1 heterocycles. The number of carboxylic acid groups (broad SMARTS) is 1. The van der Waals surface area contributed by atoms with E-state index in [1.54, 1.807) is 19.1 Å². The van der Waals surface area contributed by atoms with Gasteiger partial charge >= 0.3 is 12.0 Å². The summed E-state index contributed by atoms with van der Waals surface area (Å²) in [6.07, 6.45) is 1.09. The molecule has 1 atom stereocenters. The van der Waals surface area contributed by atoms with E-state index in [0.29, 0.717) is 35.1 Å². The highest BCUT2D eigenvalue weighted by Crippen LogP contribution is 2.31. The molecule has 1 fully saturated rings. The Morgan fingerprint density at radius 2 is 2.10 bits per heavy atom. The summed E-state index contributed by atoms with van der Waals surface area (Å²) in [5.74, 6) is -1.01. The fourth-order valence-electron chi connectivity index (χ4n) is 2.28. The van der Waals surface area contributed by atoms with Gasteiger partial charge in [0.05, 0.1) is 10.7 Å². The summed E-state index contributed by atoms with van der Waals surface area (Å²) in [4.78, 5) is 24.9. The van der Waals surface area contributed by atoms with Crippen molar-refractivity contribution in [3.05, 3.63) is 28.2 Å². The van der Waals surface area contributed by atoms with E-state index < -0.39 is 17.5 Å². The summed E-state index contributed by atoms with van der Waals surface area (Å²) >= 11 is 11.8. The zero-order valence-corrected chi connectivity index (χ0v) is 12.3. The average Bonchev–Trinajstić information content (AvgIpc) is 2.76. The minimum atomic E-state index is -1.18. The van der Waals surface area contributed by atoms with E-state index in [4.69, 9.17) is 23.2 Å². The lowest BCUT2D eigenvalue weighted by Gasteiger charge is -2.31. The topological polar surface area (TPSA) is 69.6 Å². The number of anilines is 1. The van der Waals surface area contributed by atoms with Crippen LogP contribution in [-0.4, -0.2) is 34.1 Å². The maximum Gasteiger partial charge on any atom is 0.329 e. The lowest BCUT2D eigenvalue weighted by atomic mass is 10.00. The first kappa shape index (κ1) is 14.9. The Hall–Kier alpha value is -1.46. The third-order valence-electron chi connectivity index (χ3n) is 3.52. The van der Waals surface area contributed by atoms with Gasteiger partial charge in [0, 0.05) is 11.6 Å². The van der Waals surface area contributed by atoms with E-state index in [-0.39, 0.29) is 0 Å². The number of amides is 2. The molecule has 1 saturated heterocycles. The first-order chi connectivity index (χ1) is 9.34. The Morgan fingerprint density at radius 3 is 2.70 bits per heavy atom. The quantitative estimate of drug-likeness (QED) is 0.877. The van der Waals surface area contributed by atoms with Gasteiger partial charge in [0.15, 0.2) is 0 Å². The molecule has 1 aliphatic rings. The molecule has 1 aromatic carbocycles. The smallest absolute Gasteiger partial charge is 0.329 e. The molecular formula is C13H14Cl2N2O3. The molecule has 0 spiro atoms. The summed E-state index contributed by atoms with van der Waals surface area (Å²) in [5.41, 5.74) is -0.774. The molecule has 2 rings (SSSR count). The molecule has 1 aliphatic heterocycles. The Labute approximate surface area is 126 Å². The number of rotatable bonds is 2. The van der Waals surface area contributed by atoms with Crippen molar-refractivity contribution in [3.8, 4) is 0 Å². The van der Waals surface area contributed by atoms with Crippen molar-refractivity contribution >= 4 is 40.9 Å². The van der Waals surface area contributed by atoms with Crippen LogP contribution in [0.2, 0.25) is 10.0 Å². The second-order valence-corrected chi connectivity index (χ2v) is 5.73. The number of nitrogens with one attached hydrogen (secondary N) is 1. The molecule has 0 bridgehead atoms. The Morgan fingerprint density at radius 1 is 1.40 bits per heavy atom. The highest BCUT2D eigenvalue weighted by Gasteiger charge is 2.46. The third kappa shape index (κ3) is 2.69.